The van der Waals surface area contributed by atoms with Gasteiger partial charge in [0.15, 0.2) is 6.61 Å². The van der Waals surface area contributed by atoms with Gasteiger partial charge >= 0.3 is 5.97 Å². The number of ether oxygens (including phenoxy) is 1. The van der Waals surface area contributed by atoms with Crippen LogP contribution < -0.4 is 4.74 Å². The third-order valence-electron chi connectivity index (χ3n) is 7.55. The lowest BCUT2D eigenvalue weighted by atomic mass is 9.74. The number of carboxylic acids is 1. The van der Waals surface area contributed by atoms with Gasteiger partial charge < -0.3 is 9.84 Å². The van der Waals surface area contributed by atoms with Gasteiger partial charge in [0.1, 0.15) is 5.75 Å². The molecule has 0 saturated heterocycles. The van der Waals surface area contributed by atoms with Crippen molar-refractivity contribution in [3.63, 3.8) is 0 Å². The number of aliphatic carboxylic acids is 1. The molecule has 6 nitrogen and oxygen atoms in total. The number of hydrogen-bond acceptors (Lipinski definition) is 4. The van der Waals surface area contributed by atoms with Crippen LogP contribution in [-0.2, 0) is 26.8 Å². The largest absolute Gasteiger partial charge is 0.482 e. The van der Waals surface area contributed by atoms with Crippen molar-refractivity contribution in [2.75, 3.05) is 13.2 Å². The minimum atomic E-state index is -3.76. The van der Waals surface area contributed by atoms with E-state index >= 15 is 0 Å². The van der Waals surface area contributed by atoms with Crippen LogP contribution in [0.2, 0.25) is 0 Å². The lowest BCUT2D eigenvalue weighted by Crippen LogP contribution is -2.46. The first-order chi connectivity index (χ1) is 17.2. The summed E-state index contributed by atoms with van der Waals surface area (Å²) in [5.74, 6) is -0.708. The molecule has 0 unspecified atom stereocenters. The fourth-order valence-corrected chi connectivity index (χ4v) is 7.39. The second-order valence-electron chi connectivity index (χ2n) is 10.1. The van der Waals surface area contributed by atoms with Crippen molar-refractivity contribution < 1.29 is 23.1 Å². The van der Waals surface area contributed by atoms with Crippen LogP contribution >= 0.6 is 0 Å². The van der Waals surface area contributed by atoms with Gasteiger partial charge in [-0.3, -0.25) is 0 Å². The van der Waals surface area contributed by atoms with Crippen molar-refractivity contribution in [3.05, 3.63) is 82.9 Å². The molecule has 0 amide bonds. The molecular weight excluding hydrogens is 474 g/mol. The molecule has 1 aliphatic carbocycles. The van der Waals surface area contributed by atoms with Crippen molar-refractivity contribution in [2.24, 2.45) is 0 Å². The first-order valence-electron chi connectivity index (χ1n) is 12.3. The Morgan fingerprint density at radius 1 is 1.00 bits per heavy atom. The summed E-state index contributed by atoms with van der Waals surface area (Å²) in [6.07, 6.45) is 4.16. The summed E-state index contributed by atoms with van der Waals surface area (Å²) < 4.78 is 34.6. The Morgan fingerprint density at radius 3 is 2.44 bits per heavy atom. The molecule has 0 aromatic heterocycles. The highest BCUT2D eigenvalue weighted by Crippen LogP contribution is 2.47. The lowest BCUT2D eigenvalue weighted by Gasteiger charge is -2.41. The van der Waals surface area contributed by atoms with Crippen molar-refractivity contribution in [1.29, 1.82) is 0 Å². The van der Waals surface area contributed by atoms with Gasteiger partial charge in [0.25, 0.3) is 0 Å². The van der Waals surface area contributed by atoms with E-state index in [2.05, 4.69) is 43.3 Å². The lowest BCUT2D eigenvalue weighted by molar-refractivity contribution is -0.139. The second kappa shape index (κ2) is 9.37. The van der Waals surface area contributed by atoms with Gasteiger partial charge in [-0.15, -0.1) is 0 Å². The summed E-state index contributed by atoms with van der Waals surface area (Å²) in [4.78, 5) is 11.0. The SMILES string of the molecule is Cc1cccc(-c2ccc3c(c2)CN(S(=O)(=O)c2ccc(OCC(=O)O)c(C)c2)CC32CCCC2)c1. The molecule has 3 aromatic carbocycles. The summed E-state index contributed by atoms with van der Waals surface area (Å²) in [5, 5.41) is 8.88. The number of nitrogens with zero attached hydrogens (tertiary/aromatic N) is 1. The maximum absolute atomic E-state index is 13.9. The Morgan fingerprint density at radius 2 is 1.75 bits per heavy atom. The van der Waals surface area contributed by atoms with Crippen LogP contribution in [0.5, 0.6) is 5.75 Å². The summed E-state index contributed by atoms with van der Waals surface area (Å²) in [6, 6.07) is 19.6. The molecule has 7 heteroatoms. The van der Waals surface area contributed by atoms with Gasteiger partial charge in [0.05, 0.1) is 4.90 Å². The van der Waals surface area contributed by atoms with E-state index in [0.717, 1.165) is 42.4 Å². The van der Waals surface area contributed by atoms with Crippen LogP contribution in [0.3, 0.4) is 0 Å². The molecule has 1 fully saturated rings. The highest BCUT2D eigenvalue weighted by Gasteiger charge is 2.45. The molecule has 0 bridgehead atoms. The smallest absolute Gasteiger partial charge is 0.341 e. The first-order valence-corrected chi connectivity index (χ1v) is 13.8. The molecule has 1 saturated carbocycles. The molecule has 1 N–H and O–H groups in total. The molecule has 0 atom stereocenters. The third kappa shape index (κ3) is 4.53. The fraction of sp³-hybridized carbons (Fsp3) is 0.345. The minimum absolute atomic E-state index is 0.161. The predicted octanol–water partition coefficient (Wildman–Crippen LogP) is 5.45. The van der Waals surface area contributed by atoms with Gasteiger partial charge in [-0.1, -0.05) is 54.8 Å². The average Bonchev–Trinajstić information content (AvgIpc) is 3.31. The van der Waals surface area contributed by atoms with Crippen LogP contribution in [0, 0.1) is 13.8 Å². The Bertz CT molecular complexity index is 1420. The van der Waals surface area contributed by atoms with Crippen LogP contribution in [-0.4, -0.2) is 37.0 Å². The van der Waals surface area contributed by atoms with E-state index in [9.17, 15) is 13.2 Å². The highest BCUT2D eigenvalue weighted by molar-refractivity contribution is 7.89. The number of carbonyl (C=O) groups is 1. The Hall–Kier alpha value is -3.16. The maximum Gasteiger partial charge on any atom is 0.341 e. The van der Waals surface area contributed by atoms with Crippen molar-refractivity contribution >= 4 is 16.0 Å². The molecular formula is C29H31NO5S. The summed E-state index contributed by atoms with van der Waals surface area (Å²) in [6.45, 7) is 4.14. The molecule has 2 aliphatic rings. The third-order valence-corrected chi connectivity index (χ3v) is 9.34. The number of rotatable bonds is 6. The zero-order valence-electron chi connectivity index (χ0n) is 20.7. The number of benzene rings is 3. The average molecular weight is 506 g/mol. The normalized spacial score (nSPS) is 17.2. The quantitative estimate of drug-likeness (QED) is 0.482. The summed E-state index contributed by atoms with van der Waals surface area (Å²) in [7, 11) is -3.76. The zero-order valence-corrected chi connectivity index (χ0v) is 21.5. The molecule has 3 aromatic rings. The van der Waals surface area contributed by atoms with Crippen LogP contribution in [0.25, 0.3) is 11.1 Å². The molecule has 0 radical (unpaired) electrons. The van der Waals surface area contributed by atoms with E-state index in [0.29, 0.717) is 24.4 Å². The van der Waals surface area contributed by atoms with E-state index in [1.165, 1.54) is 17.2 Å². The first kappa shape index (κ1) is 24.5. The Balaban J connectivity index is 1.51. The molecule has 1 aliphatic heterocycles. The molecule has 1 spiro atoms. The van der Waals surface area contributed by atoms with Gasteiger partial charge in [-0.2, -0.15) is 4.31 Å². The highest BCUT2D eigenvalue weighted by atomic mass is 32.2. The Kier molecular flexibility index (Phi) is 6.39. The van der Waals surface area contributed by atoms with Gasteiger partial charge in [-0.25, -0.2) is 13.2 Å². The summed E-state index contributed by atoms with van der Waals surface area (Å²) in [5.41, 5.74) is 6.21. The Labute approximate surface area is 212 Å². The van der Waals surface area contributed by atoms with E-state index in [-0.39, 0.29) is 10.3 Å². The van der Waals surface area contributed by atoms with Crippen molar-refractivity contribution in [1.82, 2.24) is 4.31 Å². The van der Waals surface area contributed by atoms with E-state index in [4.69, 9.17) is 9.84 Å². The van der Waals surface area contributed by atoms with Gasteiger partial charge in [0.2, 0.25) is 10.0 Å². The van der Waals surface area contributed by atoms with Crippen LogP contribution in [0.1, 0.15) is 47.9 Å². The molecule has 5 rings (SSSR count). The second-order valence-corrected chi connectivity index (χ2v) is 12.0. The molecule has 188 valence electrons. The van der Waals surface area contributed by atoms with E-state index in [1.54, 1.807) is 23.4 Å². The summed E-state index contributed by atoms with van der Waals surface area (Å²) >= 11 is 0. The number of carboxylic acid groups (broad SMARTS) is 1. The maximum atomic E-state index is 13.9. The molecule has 1 heterocycles. The number of hydrogen-bond donors (Lipinski definition) is 1. The van der Waals surface area contributed by atoms with E-state index in [1.807, 2.05) is 6.07 Å². The molecule has 36 heavy (non-hydrogen) atoms. The van der Waals surface area contributed by atoms with Crippen LogP contribution in [0.15, 0.2) is 65.6 Å². The zero-order chi connectivity index (χ0) is 25.5. The van der Waals surface area contributed by atoms with E-state index < -0.39 is 22.6 Å². The predicted molar refractivity (Wildman–Crippen MR) is 139 cm³/mol. The van der Waals surface area contributed by atoms with Gasteiger partial charge in [-0.05, 0) is 78.8 Å². The van der Waals surface area contributed by atoms with Gasteiger partial charge in [0, 0.05) is 18.5 Å². The number of sulfonamides is 1. The number of fused-ring (bicyclic) bond motifs is 2. The fourth-order valence-electron chi connectivity index (χ4n) is 5.80. The minimum Gasteiger partial charge on any atom is -0.482 e. The monoisotopic (exact) mass is 505 g/mol. The van der Waals surface area contributed by atoms with Crippen molar-refractivity contribution in [3.8, 4) is 16.9 Å². The standard InChI is InChI=1S/C29H31NO5S/c1-20-6-5-7-22(14-20)23-8-10-26-24(16-23)17-30(19-29(26)12-3-4-13-29)36(33,34)25-9-11-27(21(2)15-25)35-18-28(31)32/h5-11,14-16H,3-4,12-13,17-19H2,1-2H3,(H,31,32). The topological polar surface area (TPSA) is 83.9 Å². The van der Waals surface area contributed by atoms with Crippen molar-refractivity contribution in [2.45, 2.75) is 56.4 Å². The van der Waals surface area contributed by atoms with Crippen LogP contribution in [0.4, 0.5) is 0 Å². The number of aryl methyl sites for hydroxylation is 2.